The van der Waals surface area contributed by atoms with E-state index in [1.54, 1.807) is 23.1 Å². The Morgan fingerprint density at radius 1 is 1.17 bits per heavy atom. The Balaban J connectivity index is 1.77. The lowest BCUT2D eigenvalue weighted by Crippen LogP contribution is -2.33. The van der Waals surface area contributed by atoms with E-state index in [-0.39, 0.29) is 11.9 Å². The second-order valence-electron chi connectivity index (χ2n) is 5.52. The molecule has 0 aliphatic carbocycles. The first kappa shape index (κ1) is 16.0. The maximum Gasteiger partial charge on any atom is 0.249 e. The molecule has 0 saturated carbocycles. The molecule has 0 spiro atoms. The van der Waals surface area contributed by atoms with Gasteiger partial charge in [-0.2, -0.15) is 0 Å². The molecule has 3 rings (SSSR count). The van der Waals surface area contributed by atoms with Crippen LogP contribution in [-0.2, 0) is 4.79 Å². The van der Waals surface area contributed by atoms with Crippen LogP contribution in [0.3, 0.4) is 0 Å². The first-order valence-corrected chi connectivity index (χ1v) is 8.05. The summed E-state index contributed by atoms with van der Waals surface area (Å²) < 4.78 is 0. The number of rotatable bonds is 3. The molecule has 23 heavy (non-hydrogen) atoms. The van der Waals surface area contributed by atoms with E-state index < -0.39 is 0 Å². The van der Waals surface area contributed by atoms with Gasteiger partial charge in [0.2, 0.25) is 5.91 Å². The van der Waals surface area contributed by atoms with Crippen LogP contribution in [0.2, 0.25) is 10.0 Å². The van der Waals surface area contributed by atoms with Crippen LogP contribution >= 0.6 is 23.2 Å². The van der Waals surface area contributed by atoms with Gasteiger partial charge in [0.1, 0.15) is 17.7 Å². The van der Waals surface area contributed by atoms with Gasteiger partial charge in [-0.3, -0.25) is 4.79 Å². The zero-order chi connectivity index (χ0) is 16.6. The fourth-order valence-electron chi connectivity index (χ4n) is 2.69. The topological polar surface area (TPSA) is 58.1 Å². The highest BCUT2D eigenvalue weighted by Gasteiger charge is 2.33. The fraction of sp³-hybridized carbons (Fsp3) is 0.312. The van der Waals surface area contributed by atoms with Crippen LogP contribution < -0.4 is 10.2 Å². The molecule has 1 aromatic carbocycles. The summed E-state index contributed by atoms with van der Waals surface area (Å²) >= 11 is 12.0. The van der Waals surface area contributed by atoms with Crippen LogP contribution in [-0.4, -0.2) is 28.5 Å². The standard InChI is InChI=1S/C16H16Cl2N4O/c1-9-7-15(20-10(2)19-9)21-14-5-6-22(16(14)23)11-3-4-12(17)13(18)8-11/h3-4,7-8,14H,5-6H2,1-2H3,(H,19,20,21). The highest BCUT2D eigenvalue weighted by atomic mass is 35.5. The maximum atomic E-state index is 12.6. The molecule has 1 amide bonds. The average molecular weight is 351 g/mol. The van der Waals surface area contributed by atoms with Crippen molar-refractivity contribution in [2.24, 2.45) is 0 Å². The molecule has 1 aliphatic heterocycles. The number of halogens is 2. The summed E-state index contributed by atoms with van der Waals surface area (Å²) in [7, 11) is 0. The minimum atomic E-state index is -0.307. The van der Waals surface area contributed by atoms with Crippen LogP contribution in [0.25, 0.3) is 0 Å². The number of aryl methyl sites for hydroxylation is 2. The number of carbonyl (C=O) groups is 1. The number of nitrogens with zero attached hydrogens (tertiary/aromatic N) is 3. The summed E-state index contributed by atoms with van der Waals surface area (Å²) in [4.78, 5) is 22.9. The average Bonchev–Trinajstić information content (AvgIpc) is 2.82. The first-order chi connectivity index (χ1) is 10.9. The first-order valence-electron chi connectivity index (χ1n) is 7.29. The summed E-state index contributed by atoms with van der Waals surface area (Å²) in [6, 6.07) is 6.74. The third-order valence-electron chi connectivity index (χ3n) is 3.71. The molecule has 0 radical (unpaired) electrons. The minimum absolute atomic E-state index is 0.00249. The highest BCUT2D eigenvalue weighted by molar-refractivity contribution is 6.42. The number of benzene rings is 1. The van der Waals surface area contributed by atoms with E-state index in [4.69, 9.17) is 23.2 Å². The van der Waals surface area contributed by atoms with Gasteiger partial charge in [-0.25, -0.2) is 9.97 Å². The monoisotopic (exact) mass is 350 g/mol. The van der Waals surface area contributed by atoms with Crippen molar-refractivity contribution < 1.29 is 4.79 Å². The number of amides is 1. The lowest BCUT2D eigenvalue weighted by Gasteiger charge is -2.18. The van der Waals surface area contributed by atoms with Gasteiger partial charge in [-0.05, 0) is 38.5 Å². The molecular weight excluding hydrogens is 335 g/mol. The molecule has 1 saturated heterocycles. The smallest absolute Gasteiger partial charge is 0.249 e. The Morgan fingerprint density at radius 3 is 2.65 bits per heavy atom. The Hall–Kier alpha value is -1.85. The van der Waals surface area contributed by atoms with E-state index in [2.05, 4.69) is 15.3 Å². The molecular formula is C16H16Cl2N4O. The quantitative estimate of drug-likeness (QED) is 0.918. The molecule has 1 N–H and O–H groups in total. The summed E-state index contributed by atoms with van der Waals surface area (Å²) in [5.74, 6) is 1.35. The number of aromatic nitrogens is 2. The lowest BCUT2D eigenvalue weighted by atomic mass is 10.2. The van der Waals surface area contributed by atoms with E-state index in [1.165, 1.54) is 0 Å². The molecule has 1 fully saturated rings. The number of hydrogen-bond donors (Lipinski definition) is 1. The van der Waals surface area contributed by atoms with E-state index in [9.17, 15) is 4.79 Å². The van der Waals surface area contributed by atoms with Gasteiger partial charge < -0.3 is 10.2 Å². The van der Waals surface area contributed by atoms with Gasteiger partial charge in [0.15, 0.2) is 0 Å². The van der Waals surface area contributed by atoms with Crippen LogP contribution in [0.15, 0.2) is 24.3 Å². The number of anilines is 2. The van der Waals surface area contributed by atoms with Gasteiger partial charge in [0.05, 0.1) is 10.0 Å². The van der Waals surface area contributed by atoms with E-state index in [0.29, 0.717) is 34.7 Å². The van der Waals surface area contributed by atoms with Crippen molar-refractivity contribution in [2.45, 2.75) is 26.3 Å². The fourth-order valence-corrected chi connectivity index (χ4v) is 2.98. The van der Waals surface area contributed by atoms with Gasteiger partial charge in [-0.15, -0.1) is 0 Å². The second kappa shape index (κ2) is 6.34. The van der Waals surface area contributed by atoms with Gasteiger partial charge >= 0.3 is 0 Å². The minimum Gasteiger partial charge on any atom is -0.358 e. The predicted octanol–water partition coefficient (Wildman–Crippen LogP) is 3.62. The van der Waals surface area contributed by atoms with Gasteiger partial charge in [0, 0.05) is 24.0 Å². The van der Waals surface area contributed by atoms with Crippen LogP contribution in [0, 0.1) is 13.8 Å². The molecule has 5 nitrogen and oxygen atoms in total. The molecule has 2 aromatic rings. The molecule has 1 atom stereocenters. The van der Waals surface area contributed by atoms with Crippen LogP contribution in [0.4, 0.5) is 11.5 Å². The summed E-state index contributed by atoms with van der Waals surface area (Å²) in [5.41, 5.74) is 1.62. The van der Waals surface area contributed by atoms with Crippen LogP contribution in [0.5, 0.6) is 0 Å². The molecule has 120 valence electrons. The normalized spacial score (nSPS) is 17.7. The largest absolute Gasteiger partial charge is 0.358 e. The van der Waals surface area contributed by atoms with Crippen molar-refractivity contribution >= 4 is 40.6 Å². The predicted molar refractivity (Wildman–Crippen MR) is 92.3 cm³/mol. The highest BCUT2D eigenvalue weighted by Crippen LogP contribution is 2.30. The Kier molecular flexibility index (Phi) is 4.41. The van der Waals surface area contributed by atoms with Crippen molar-refractivity contribution in [1.29, 1.82) is 0 Å². The van der Waals surface area contributed by atoms with E-state index in [0.717, 1.165) is 11.4 Å². The molecule has 2 heterocycles. The Bertz CT molecular complexity index is 745. The van der Waals surface area contributed by atoms with Crippen molar-refractivity contribution in [2.75, 3.05) is 16.8 Å². The van der Waals surface area contributed by atoms with E-state index in [1.807, 2.05) is 19.9 Å². The summed E-state index contributed by atoms with van der Waals surface area (Å²) in [5, 5.41) is 4.11. The van der Waals surface area contributed by atoms with Crippen molar-refractivity contribution in [3.63, 3.8) is 0 Å². The molecule has 1 unspecified atom stereocenters. The zero-order valence-corrected chi connectivity index (χ0v) is 14.3. The maximum absolute atomic E-state index is 12.6. The lowest BCUT2D eigenvalue weighted by molar-refractivity contribution is -0.117. The Morgan fingerprint density at radius 2 is 1.96 bits per heavy atom. The second-order valence-corrected chi connectivity index (χ2v) is 6.33. The summed E-state index contributed by atoms with van der Waals surface area (Å²) in [6.07, 6.45) is 0.696. The number of nitrogens with one attached hydrogen (secondary N) is 1. The van der Waals surface area contributed by atoms with Gasteiger partial charge in [0.25, 0.3) is 0 Å². The molecule has 7 heteroatoms. The third kappa shape index (κ3) is 3.41. The number of carbonyl (C=O) groups excluding carboxylic acids is 1. The molecule has 1 aliphatic rings. The van der Waals surface area contributed by atoms with Crippen molar-refractivity contribution in [1.82, 2.24) is 9.97 Å². The SMILES string of the molecule is Cc1cc(NC2CCN(c3ccc(Cl)c(Cl)c3)C2=O)nc(C)n1. The summed E-state index contributed by atoms with van der Waals surface area (Å²) in [6.45, 7) is 4.35. The Labute approximate surface area is 144 Å². The van der Waals surface area contributed by atoms with Crippen LogP contribution in [0.1, 0.15) is 17.9 Å². The van der Waals surface area contributed by atoms with Gasteiger partial charge in [-0.1, -0.05) is 23.2 Å². The van der Waals surface area contributed by atoms with Crippen molar-refractivity contribution in [3.05, 3.63) is 45.8 Å². The van der Waals surface area contributed by atoms with Crippen molar-refractivity contribution in [3.8, 4) is 0 Å². The molecule has 1 aromatic heterocycles. The number of hydrogen-bond acceptors (Lipinski definition) is 4. The zero-order valence-electron chi connectivity index (χ0n) is 12.8. The third-order valence-corrected chi connectivity index (χ3v) is 4.45. The van der Waals surface area contributed by atoms with E-state index >= 15 is 0 Å². The molecule has 0 bridgehead atoms.